The summed E-state index contributed by atoms with van der Waals surface area (Å²) in [5.41, 5.74) is 0.0793. The smallest absolute Gasteiger partial charge is 0.267 e. The van der Waals surface area contributed by atoms with E-state index in [1.807, 2.05) is 6.07 Å². The molecule has 8 heteroatoms. The first-order chi connectivity index (χ1) is 13.9. The highest BCUT2D eigenvalue weighted by Crippen LogP contribution is 2.35. The summed E-state index contributed by atoms with van der Waals surface area (Å²) < 4.78 is 11.9. The van der Waals surface area contributed by atoms with Gasteiger partial charge in [-0.15, -0.1) is 0 Å². The van der Waals surface area contributed by atoms with E-state index in [2.05, 4.69) is 10.4 Å². The van der Waals surface area contributed by atoms with Crippen molar-refractivity contribution in [1.82, 2.24) is 9.78 Å². The number of hydrogen-bond acceptors (Lipinski definition) is 5. The predicted molar refractivity (Wildman–Crippen MR) is 109 cm³/mol. The average molecular weight is 412 g/mol. The van der Waals surface area contributed by atoms with Gasteiger partial charge >= 0.3 is 0 Å². The Labute approximate surface area is 171 Å². The molecule has 1 aliphatic heterocycles. The topological polar surface area (TPSA) is 82.5 Å². The number of nitrogens with one attached hydrogen (secondary N) is 1. The average Bonchev–Trinajstić information content (AvgIpc) is 3.17. The van der Waals surface area contributed by atoms with Crippen molar-refractivity contribution in [2.24, 2.45) is 0 Å². The normalized spacial score (nSPS) is 12.7. The van der Waals surface area contributed by atoms with Crippen LogP contribution in [0.25, 0.3) is 11.3 Å². The maximum atomic E-state index is 12.9. The zero-order valence-electron chi connectivity index (χ0n) is 15.8. The van der Waals surface area contributed by atoms with Crippen molar-refractivity contribution in [2.75, 3.05) is 12.1 Å². The fraction of sp³-hybridized carbons (Fsp3) is 0.190. The van der Waals surface area contributed by atoms with Crippen molar-refractivity contribution in [3.05, 3.63) is 70.0 Å². The van der Waals surface area contributed by atoms with Crippen molar-refractivity contribution < 1.29 is 14.3 Å². The van der Waals surface area contributed by atoms with Gasteiger partial charge in [0.25, 0.3) is 11.5 Å². The number of fused-ring (bicyclic) bond motifs is 1. The van der Waals surface area contributed by atoms with Crippen LogP contribution in [0.5, 0.6) is 11.5 Å². The van der Waals surface area contributed by atoms with Gasteiger partial charge in [-0.05, 0) is 50.2 Å². The largest absolute Gasteiger partial charge is 0.454 e. The number of amides is 1. The van der Waals surface area contributed by atoms with Crippen LogP contribution in [0, 0.1) is 0 Å². The van der Waals surface area contributed by atoms with Crippen LogP contribution in [-0.2, 0) is 10.3 Å². The number of anilines is 1. The summed E-state index contributed by atoms with van der Waals surface area (Å²) >= 11 is 6.13. The molecule has 29 heavy (non-hydrogen) atoms. The third kappa shape index (κ3) is 3.56. The monoisotopic (exact) mass is 411 g/mol. The lowest BCUT2D eigenvalue weighted by Crippen LogP contribution is -2.47. The third-order valence-electron chi connectivity index (χ3n) is 4.68. The van der Waals surface area contributed by atoms with Gasteiger partial charge in [-0.3, -0.25) is 9.59 Å². The Kier molecular flexibility index (Phi) is 4.76. The lowest BCUT2D eigenvalue weighted by atomic mass is 10.0. The van der Waals surface area contributed by atoms with E-state index in [1.54, 1.807) is 56.3 Å². The van der Waals surface area contributed by atoms with Gasteiger partial charge in [-0.1, -0.05) is 23.7 Å². The van der Waals surface area contributed by atoms with Gasteiger partial charge in [0.15, 0.2) is 11.5 Å². The molecule has 0 saturated carbocycles. The predicted octanol–water partition coefficient (Wildman–Crippen LogP) is 3.67. The highest BCUT2D eigenvalue weighted by atomic mass is 35.5. The molecule has 0 atom stereocenters. The Balaban J connectivity index is 1.68. The number of halogens is 1. The summed E-state index contributed by atoms with van der Waals surface area (Å²) in [6, 6.07) is 15.3. The van der Waals surface area contributed by atoms with E-state index in [9.17, 15) is 9.59 Å². The van der Waals surface area contributed by atoms with Crippen LogP contribution in [0.2, 0.25) is 5.02 Å². The zero-order chi connectivity index (χ0) is 20.6. The molecule has 148 valence electrons. The molecule has 1 aromatic heterocycles. The van der Waals surface area contributed by atoms with E-state index in [1.165, 1.54) is 10.7 Å². The van der Waals surface area contributed by atoms with Crippen molar-refractivity contribution in [3.63, 3.8) is 0 Å². The van der Waals surface area contributed by atoms with Crippen molar-refractivity contribution in [1.29, 1.82) is 0 Å². The Morgan fingerprint density at radius 1 is 1.10 bits per heavy atom. The molecule has 4 rings (SSSR count). The van der Waals surface area contributed by atoms with Gasteiger partial charge in [0.05, 0.1) is 16.4 Å². The molecule has 3 aromatic rings. The van der Waals surface area contributed by atoms with Gasteiger partial charge in [-0.25, -0.2) is 4.68 Å². The van der Waals surface area contributed by atoms with Gasteiger partial charge in [-0.2, -0.15) is 5.10 Å². The molecule has 0 fully saturated rings. The minimum atomic E-state index is -1.26. The minimum Gasteiger partial charge on any atom is -0.454 e. The van der Waals surface area contributed by atoms with E-state index >= 15 is 0 Å². The van der Waals surface area contributed by atoms with Gasteiger partial charge < -0.3 is 14.8 Å². The standard InChI is InChI=1S/C21H18ClN3O4/c1-21(2,20(27)23-16-6-4-3-5-14(16)22)25-19(26)10-8-15(24-25)13-7-9-17-18(11-13)29-12-28-17/h3-11H,12H2,1-2H3,(H,23,27). The molecule has 0 unspecified atom stereocenters. The number of rotatable bonds is 4. The van der Waals surface area contributed by atoms with Crippen molar-refractivity contribution >= 4 is 23.2 Å². The fourth-order valence-corrected chi connectivity index (χ4v) is 3.14. The Hall–Kier alpha value is -3.32. The second-order valence-corrected chi connectivity index (χ2v) is 7.44. The number of ether oxygens (including phenoxy) is 2. The number of nitrogens with zero attached hydrogens (tertiary/aromatic N) is 2. The van der Waals surface area contributed by atoms with Crippen molar-refractivity contribution in [3.8, 4) is 22.8 Å². The maximum absolute atomic E-state index is 12.9. The van der Waals surface area contributed by atoms with Crippen LogP contribution in [0.3, 0.4) is 0 Å². The van der Waals surface area contributed by atoms with Gasteiger partial charge in [0.1, 0.15) is 5.54 Å². The molecule has 1 N–H and O–H groups in total. The summed E-state index contributed by atoms with van der Waals surface area (Å²) in [4.78, 5) is 25.4. The van der Waals surface area contributed by atoms with Gasteiger partial charge in [0, 0.05) is 11.6 Å². The summed E-state index contributed by atoms with van der Waals surface area (Å²) in [7, 11) is 0. The molecule has 7 nitrogen and oxygen atoms in total. The molecule has 0 radical (unpaired) electrons. The van der Waals surface area contributed by atoms with E-state index in [4.69, 9.17) is 21.1 Å². The maximum Gasteiger partial charge on any atom is 0.267 e. The zero-order valence-corrected chi connectivity index (χ0v) is 16.6. The number of aromatic nitrogens is 2. The van der Waals surface area contributed by atoms with Crippen LogP contribution in [0.15, 0.2) is 59.4 Å². The highest BCUT2D eigenvalue weighted by molar-refractivity contribution is 6.33. The summed E-state index contributed by atoms with van der Waals surface area (Å²) in [5, 5.41) is 7.61. The van der Waals surface area contributed by atoms with Crippen LogP contribution in [0.1, 0.15) is 13.8 Å². The Morgan fingerprint density at radius 2 is 1.86 bits per heavy atom. The third-order valence-corrected chi connectivity index (χ3v) is 5.01. The van der Waals surface area contributed by atoms with E-state index in [-0.39, 0.29) is 6.79 Å². The second-order valence-electron chi connectivity index (χ2n) is 7.03. The molecule has 1 amide bonds. The molecule has 2 heterocycles. The molecule has 0 bridgehead atoms. The molecule has 0 aliphatic carbocycles. The summed E-state index contributed by atoms with van der Waals surface area (Å²) in [6.07, 6.45) is 0. The van der Waals surface area contributed by atoms with Gasteiger partial charge in [0.2, 0.25) is 6.79 Å². The summed E-state index contributed by atoms with van der Waals surface area (Å²) in [5.74, 6) is 0.849. The highest BCUT2D eigenvalue weighted by Gasteiger charge is 2.32. The lowest BCUT2D eigenvalue weighted by Gasteiger charge is -2.25. The van der Waals surface area contributed by atoms with Crippen LogP contribution in [0.4, 0.5) is 5.69 Å². The fourth-order valence-electron chi connectivity index (χ4n) is 2.96. The number of carbonyl (C=O) groups is 1. The molecular formula is C21H18ClN3O4. The first-order valence-corrected chi connectivity index (χ1v) is 9.31. The number of hydrogen-bond donors (Lipinski definition) is 1. The molecule has 1 aliphatic rings. The lowest BCUT2D eigenvalue weighted by molar-refractivity contribution is -0.123. The van der Waals surface area contributed by atoms with E-state index in [0.717, 1.165) is 5.56 Å². The SMILES string of the molecule is CC(C)(C(=O)Nc1ccccc1Cl)n1nc(-c2ccc3c(c2)OCO3)ccc1=O. The van der Waals surface area contributed by atoms with Crippen LogP contribution >= 0.6 is 11.6 Å². The number of benzene rings is 2. The first-order valence-electron chi connectivity index (χ1n) is 8.93. The Bertz CT molecular complexity index is 1160. The Morgan fingerprint density at radius 3 is 2.66 bits per heavy atom. The second kappa shape index (κ2) is 7.25. The molecule has 0 saturated heterocycles. The minimum absolute atomic E-state index is 0.168. The van der Waals surface area contributed by atoms with Crippen molar-refractivity contribution in [2.45, 2.75) is 19.4 Å². The van der Waals surface area contributed by atoms with E-state index in [0.29, 0.717) is 27.9 Å². The molecular weight excluding hydrogens is 394 g/mol. The molecule has 0 spiro atoms. The number of para-hydroxylation sites is 1. The van der Waals surface area contributed by atoms with E-state index < -0.39 is 17.0 Å². The van der Waals surface area contributed by atoms with Crippen LogP contribution in [-0.4, -0.2) is 22.5 Å². The quantitative estimate of drug-likeness (QED) is 0.708. The first kappa shape index (κ1) is 19.0. The molecule has 2 aromatic carbocycles. The number of carbonyl (C=O) groups excluding carboxylic acids is 1. The van der Waals surface area contributed by atoms with Crippen LogP contribution < -0.4 is 20.3 Å². The summed E-state index contributed by atoms with van der Waals surface area (Å²) in [6.45, 7) is 3.41.